The second kappa shape index (κ2) is 4.22. The molecule has 86 valence electrons. The molecule has 4 heteroatoms. The van der Waals surface area contributed by atoms with Crippen molar-refractivity contribution >= 4 is 5.91 Å². The summed E-state index contributed by atoms with van der Waals surface area (Å²) < 4.78 is 0. The summed E-state index contributed by atoms with van der Waals surface area (Å²) in [6, 6.07) is 3.84. The highest BCUT2D eigenvalue weighted by Gasteiger charge is 2.32. The lowest BCUT2D eigenvalue weighted by Gasteiger charge is -2.35. The maximum Gasteiger partial charge on any atom is 0.267 e. The van der Waals surface area contributed by atoms with E-state index in [2.05, 4.69) is 17.2 Å². The van der Waals surface area contributed by atoms with Crippen molar-refractivity contribution in [1.29, 1.82) is 0 Å². The van der Waals surface area contributed by atoms with E-state index >= 15 is 0 Å². The normalized spacial score (nSPS) is 19.3. The van der Waals surface area contributed by atoms with E-state index in [4.69, 9.17) is 5.73 Å². The van der Waals surface area contributed by atoms with Crippen molar-refractivity contribution in [1.82, 2.24) is 10.3 Å². The first kappa shape index (κ1) is 11.1. The van der Waals surface area contributed by atoms with E-state index in [0.29, 0.717) is 5.69 Å². The van der Waals surface area contributed by atoms with Crippen LogP contribution in [0.2, 0.25) is 0 Å². The molecule has 0 spiro atoms. The lowest BCUT2D eigenvalue weighted by atomic mass is 9.74. The molecule has 1 saturated heterocycles. The first-order valence-electron chi connectivity index (χ1n) is 5.59. The minimum Gasteiger partial charge on any atom is -0.364 e. The molecule has 1 fully saturated rings. The Morgan fingerprint density at radius 1 is 1.50 bits per heavy atom. The highest BCUT2D eigenvalue weighted by molar-refractivity contribution is 5.92. The molecule has 1 aliphatic heterocycles. The van der Waals surface area contributed by atoms with Gasteiger partial charge in [-0.15, -0.1) is 0 Å². The minimum atomic E-state index is -0.435. The van der Waals surface area contributed by atoms with Crippen LogP contribution < -0.4 is 11.1 Å². The summed E-state index contributed by atoms with van der Waals surface area (Å²) in [5.74, 6) is -0.435. The molecule has 0 bridgehead atoms. The number of pyridine rings is 1. The molecule has 1 aromatic heterocycles. The molecule has 0 atom stereocenters. The molecule has 2 rings (SSSR count). The number of rotatable bonds is 2. The molecular weight excluding hydrogens is 202 g/mol. The molecule has 0 saturated carbocycles. The van der Waals surface area contributed by atoms with Crippen molar-refractivity contribution < 1.29 is 4.79 Å². The summed E-state index contributed by atoms with van der Waals surface area (Å²) >= 11 is 0. The van der Waals surface area contributed by atoms with Crippen molar-refractivity contribution in [2.75, 3.05) is 13.1 Å². The minimum absolute atomic E-state index is 0.0177. The van der Waals surface area contributed by atoms with Gasteiger partial charge in [-0.2, -0.15) is 0 Å². The Hall–Kier alpha value is -1.42. The lowest BCUT2D eigenvalue weighted by molar-refractivity contribution is 0.0992. The van der Waals surface area contributed by atoms with E-state index in [-0.39, 0.29) is 5.41 Å². The van der Waals surface area contributed by atoms with Crippen molar-refractivity contribution in [2.45, 2.75) is 25.2 Å². The summed E-state index contributed by atoms with van der Waals surface area (Å²) in [5, 5.41) is 3.32. The molecule has 2 heterocycles. The number of carbonyl (C=O) groups excluding carboxylic acids is 1. The van der Waals surface area contributed by atoms with Gasteiger partial charge < -0.3 is 11.1 Å². The number of nitrogens with two attached hydrogens (primary N) is 1. The first-order valence-corrected chi connectivity index (χ1v) is 5.59. The average Bonchev–Trinajstić information content (AvgIpc) is 2.30. The van der Waals surface area contributed by atoms with Crippen LogP contribution in [-0.2, 0) is 5.41 Å². The number of piperidine rings is 1. The molecule has 1 aromatic rings. The van der Waals surface area contributed by atoms with Gasteiger partial charge in [-0.3, -0.25) is 9.78 Å². The number of aromatic nitrogens is 1. The van der Waals surface area contributed by atoms with E-state index in [1.807, 2.05) is 12.1 Å². The standard InChI is InChI=1S/C12H17N3O/c1-12(4-7-14-8-5-12)9-3-2-6-15-10(9)11(13)16/h2-3,6,14H,4-5,7-8H2,1H3,(H2,13,16). The Labute approximate surface area is 95.3 Å². The van der Waals surface area contributed by atoms with Crippen molar-refractivity contribution in [3.8, 4) is 0 Å². The highest BCUT2D eigenvalue weighted by Crippen LogP contribution is 2.34. The van der Waals surface area contributed by atoms with E-state index in [0.717, 1.165) is 31.5 Å². The third kappa shape index (κ3) is 1.93. The number of amides is 1. The summed E-state index contributed by atoms with van der Waals surface area (Å²) in [5.41, 5.74) is 6.79. The van der Waals surface area contributed by atoms with Gasteiger partial charge in [-0.1, -0.05) is 13.0 Å². The molecule has 1 amide bonds. The predicted octanol–water partition coefficient (Wildman–Crippen LogP) is 0.822. The molecule has 0 unspecified atom stereocenters. The van der Waals surface area contributed by atoms with Crippen molar-refractivity contribution in [2.24, 2.45) is 5.73 Å². The summed E-state index contributed by atoms with van der Waals surface area (Å²) in [4.78, 5) is 15.5. The third-order valence-corrected chi connectivity index (χ3v) is 3.40. The zero-order chi connectivity index (χ0) is 11.6. The maximum absolute atomic E-state index is 11.4. The van der Waals surface area contributed by atoms with Gasteiger partial charge in [0.25, 0.3) is 5.91 Å². The largest absolute Gasteiger partial charge is 0.364 e. The predicted molar refractivity (Wildman–Crippen MR) is 62.2 cm³/mol. The van der Waals surface area contributed by atoms with Crippen LogP contribution >= 0.6 is 0 Å². The highest BCUT2D eigenvalue weighted by atomic mass is 16.1. The number of primary amides is 1. The van der Waals surface area contributed by atoms with E-state index in [1.54, 1.807) is 6.20 Å². The summed E-state index contributed by atoms with van der Waals surface area (Å²) in [6.45, 7) is 4.13. The molecule has 3 N–H and O–H groups in total. The van der Waals surface area contributed by atoms with Crippen LogP contribution in [0.25, 0.3) is 0 Å². The maximum atomic E-state index is 11.4. The monoisotopic (exact) mass is 219 g/mol. The fourth-order valence-corrected chi connectivity index (χ4v) is 2.34. The number of nitrogens with zero attached hydrogens (tertiary/aromatic N) is 1. The van der Waals surface area contributed by atoms with Crippen LogP contribution in [-0.4, -0.2) is 24.0 Å². The number of carbonyl (C=O) groups is 1. The Morgan fingerprint density at radius 2 is 2.19 bits per heavy atom. The zero-order valence-electron chi connectivity index (χ0n) is 9.49. The summed E-state index contributed by atoms with van der Waals surface area (Å²) in [7, 11) is 0. The third-order valence-electron chi connectivity index (χ3n) is 3.40. The second-order valence-electron chi connectivity index (χ2n) is 4.57. The van der Waals surface area contributed by atoms with E-state index in [9.17, 15) is 4.79 Å². The fraction of sp³-hybridized carbons (Fsp3) is 0.500. The lowest BCUT2D eigenvalue weighted by Crippen LogP contribution is -2.39. The second-order valence-corrected chi connectivity index (χ2v) is 4.57. The summed E-state index contributed by atoms with van der Waals surface area (Å²) in [6.07, 6.45) is 3.64. The van der Waals surface area contributed by atoms with Crippen molar-refractivity contribution in [3.63, 3.8) is 0 Å². The molecule has 16 heavy (non-hydrogen) atoms. The Bertz CT molecular complexity index is 397. The SMILES string of the molecule is CC1(c2cccnc2C(N)=O)CCNCC1. The number of hydrogen-bond donors (Lipinski definition) is 2. The van der Waals surface area contributed by atoms with Crippen molar-refractivity contribution in [3.05, 3.63) is 29.6 Å². The Morgan fingerprint density at radius 3 is 2.81 bits per heavy atom. The first-order chi connectivity index (χ1) is 7.63. The quantitative estimate of drug-likeness (QED) is 0.774. The molecule has 0 radical (unpaired) electrons. The van der Waals surface area contributed by atoms with Crippen LogP contribution in [0.3, 0.4) is 0 Å². The average molecular weight is 219 g/mol. The van der Waals surface area contributed by atoms with Crippen LogP contribution in [0.4, 0.5) is 0 Å². The molecule has 1 aliphatic rings. The molecular formula is C12H17N3O. The van der Waals surface area contributed by atoms with E-state index < -0.39 is 5.91 Å². The van der Waals surface area contributed by atoms with Gasteiger partial charge in [-0.25, -0.2) is 0 Å². The van der Waals surface area contributed by atoms with Gasteiger partial charge in [0, 0.05) is 6.20 Å². The van der Waals surface area contributed by atoms with Crippen LogP contribution in [0.15, 0.2) is 18.3 Å². The topological polar surface area (TPSA) is 68.0 Å². The van der Waals surface area contributed by atoms with Gasteiger partial charge >= 0.3 is 0 Å². The van der Waals surface area contributed by atoms with Crippen LogP contribution in [0, 0.1) is 0 Å². The molecule has 4 nitrogen and oxygen atoms in total. The van der Waals surface area contributed by atoms with Gasteiger partial charge in [0.1, 0.15) is 5.69 Å². The zero-order valence-corrected chi connectivity index (χ0v) is 9.49. The van der Waals surface area contributed by atoms with Gasteiger partial charge in [0.05, 0.1) is 0 Å². The fourth-order valence-electron chi connectivity index (χ4n) is 2.34. The molecule has 0 aromatic carbocycles. The van der Waals surface area contributed by atoms with Gasteiger partial charge in [-0.05, 0) is 43.0 Å². The van der Waals surface area contributed by atoms with E-state index in [1.165, 1.54) is 0 Å². The number of hydrogen-bond acceptors (Lipinski definition) is 3. The Kier molecular flexibility index (Phi) is 2.92. The molecule has 0 aliphatic carbocycles. The van der Waals surface area contributed by atoms with Gasteiger partial charge in [0.2, 0.25) is 0 Å². The Balaban J connectivity index is 2.42. The van der Waals surface area contributed by atoms with Crippen LogP contribution in [0.1, 0.15) is 35.8 Å². The van der Waals surface area contributed by atoms with Crippen LogP contribution in [0.5, 0.6) is 0 Å². The van der Waals surface area contributed by atoms with Gasteiger partial charge in [0.15, 0.2) is 0 Å². The number of nitrogens with one attached hydrogen (secondary N) is 1. The smallest absolute Gasteiger partial charge is 0.267 e.